The van der Waals surface area contributed by atoms with Gasteiger partial charge in [0, 0.05) is 34.1 Å². The summed E-state index contributed by atoms with van der Waals surface area (Å²) in [6.07, 6.45) is 10.8. The van der Waals surface area contributed by atoms with E-state index in [9.17, 15) is 0 Å². The molecule has 0 aliphatic heterocycles. The molecule has 0 N–H and O–H groups in total. The van der Waals surface area contributed by atoms with E-state index in [1.54, 1.807) is 0 Å². The quantitative estimate of drug-likeness (QED) is 0.119. The van der Waals surface area contributed by atoms with Crippen molar-refractivity contribution in [3.8, 4) is 0 Å². The van der Waals surface area contributed by atoms with Gasteiger partial charge in [-0.3, -0.25) is 0 Å². The van der Waals surface area contributed by atoms with Gasteiger partial charge in [0.05, 0.1) is 0 Å². The lowest BCUT2D eigenvalue weighted by molar-refractivity contribution is 1.14. The van der Waals surface area contributed by atoms with Crippen LogP contribution in [0.4, 0.5) is 34.1 Å². The van der Waals surface area contributed by atoms with Gasteiger partial charge in [0.2, 0.25) is 0 Å². The molecule has 0 amide bonds. The summed E-state index contributed by atoms with van der Waals surface area (Å²) in [5.74, 6) is 0. The van der Waals surface area contributed by atoms with Gasteiger partial charge in [-0.25, -0.2) is 0 Å². The first-order valence-electron chi connectivity index (χ1n) is 18.2. The van der Waals surface area contributed by atoms with Gasteiger partial charge in [-0.1, -0.05) is 141 Å². The lowest BCUT2D eigenvalue weighted by Crippen LogP contribution is -2.09. The number of benzene rings is 7. The summed E-state index contributed by atoms with van der Waals surface area (Å²) in [5, 5.41) is 0. The summed E-state index contributed by atoms with van der Waals surface area (Å²) < 4.78 is 0. The lowest BCUT2D eigenvalue weighted by Gasteiger charge is -2.25. The summed E-state index contributed by atoms with van der Waals surface area (Å²) in [6.45, 7) is 4.38. The lowest BCUT2D eigenvalue weighted by atomic mass is 10.1. The Morgan fingerprint density at radius 2 is 0.615 bits per heavy atom. The Morgan fingerprint density at radius 1 is 0.308 bits per heavy atom. The van der Waals surface area contributed by atoms with Gasteiger partial charge in [0.1, 0.15) is 0 Å². The normalized spacial score (nSPS) is 11.3. The zero-order valence-electron chi connectivity index (χ0n) is 29.9. The first kappa shape index (κ1) is 34.1. The van der Waals surface area contributed by atoms with E-state index in [4.69, 9.17) is 0 Å². The first-order valence-corrected chi connectivity index (χ1v) is 18.2. The molecule has 0 fully saturated rings. The first-order chi connectivity index (χ1) is 25.7. The van der Waals surface area contributed by atoms with E-state index in [0.717, 1.165) is 69.2 Å². The van der Waals surface area contributed by atoms with Crippen molar-refractivity contribution in [2.75, 3.05) is 9.80 Å². The molecule has 0 saturated carbocycles. The van der Waals surface area contributed by atoms with Crippen LogP contribution in [0.5, 0.6) is 0 Å². The molecule has 0 spiro atoms. The molecule has 52 heavy (non-hydrogen) atoms. The molecule has 2 heteroatoms. The van der Waals surface area contributed by atoms with E-state index in [2.05, 4.69) is 230 Å². The van der Waals surface area contributed by atoms with Crippen molar-refractivity contribution in [1.29, 1.82) is 0 Å². The molecule has 0 bridgehead atoms. The standard InChI is InChI=1S/C50H44N2/c1-3-39-22-30-47(31-23-39)51(45-14-7-5-8-15-45)49-34-26-41(27-35-49)18-20-43-12-11-13-44(38-43)21-19-42-28-36-50(37-29-42)52(46-16-9-6-10-17-46)48-32-24-40(4-2)25-33-48/h5-38H,3-4H2,1-2H3. The fraction of sp³-hybridized carbons (Fsp3) is 0.0800. The molecule has 0 unspecified atom stereocenters. The second-order valence-electron chi connectivity index (χ2n) is 12.9. The average Bonchev–Trinajstić information content (AvgIpc) is 3.22. The smallest absolute Gasteiger partial charge is 0.0462 e. The van der Waals surface area contributed by atoms with Gasteiger partial charge >= 0.3 is 0 Å². The summed E-state index contributed by atoms with van der Waals surface area (Å²) in [5.41, 5.74) is 14.2. The van der Waals surface area contributed by atoms with Crippen molar-refractivity contribution in [2.24, 2.45) is 0 Å². The van der Waals surface area contributed by atoms with E-state index in [1.807, 2.05) is 0 Å². The summed E-state index contributed by atoms with van der Waals surface area (Å²) >= 11 is 0. The molecule has 7 aromatic carbocycles. The Kier molecular flexibility index (Phi) is 10.8. The SMILES string of the molecule is CCc1ccc(N(c2ccccc2)c2ccc(C=Cc3cccc(C=Cc4ccc(N(c5ccccc5)c5ccc(CC)cc5)cc4)c3)cc2)cc1. The maximum absolute atomic E-state index is 2.31. The predicted octanol–water partition coefficient (Wildman–Crippen LogP) is 14.1. The molecule has 254 valence electrons. The Hall–Kier alpha value is -6.38. The van der Waals surface area contributed by atoms with E-state index >= 15 is 0 Å². The number of hydrogen-bond donors (Lipinski definition) is 0. The number of anilines is 6. The molecular formula is C50H44N2. The van der Waals surface area contributed by atoms with E-state index in [0.29, 0.717) is 0 Å². The van der Waals surface area contributed by atoms with Gasteiger partial charge in [0.25, 0.3) is 0 Å². The zero-order chi connectivity index (χ0) is 35.5. The molecule has 7 aromatic rings. The van der Waals surface area contributed by atoms with Crippen molar-refractivity contribution < 1.29 is 0 Å². The molecule has 0 aliphatic rings. The maximum atomic E-state index is 2.31. The third kappa shape index (κ3) is 8.31. The maximum Gasteiger partial charge on any atom is 0.0462 e. The summed E-state index contributed by atoms with van der Waals surface area (Å²) in [6, 6.07) is 65.0. The van der Waals surface area contributed by atoms with Crippen LogP contribution in [0.3, 0.4) is 0 Å². The minimum absolute atomic E-state index is 1.03. The molecule has 0 atom stereocenters. The zero-order valence-corrected chi connectivity index (χ0v) is 29.9. The van der Waals surface area contributed by atoms with E-state index < -0.39 is 0 Å². The average molecular weight is 673 g/mol. The summed E-state index contributed by atoms with van der Waals surface area (Å²) in [4.78, 5) is 4.61. The van der Waals surface area contributed by atoms with Crippen LogP contribution in [0.2, 0.25) is 0 Å². The van der Waals surface area contributed by atoms with Gasteiger partial charge in [0.15, 0.2) is 0 Å². The highest BCUT2D eigenvalue weighted by Gasteiger charge is 2.13. The number of para-hydroxylation sites is 2. The number of nitrogens with zero attached hydrogens (tertiary/aromatic N) is 2. The number of rotatable bonds is 12. The number of aryl methyl sites for hydroxylation is 2. The van der Waals surface area contributed by atoms with Gasteiger partial charge in [-0.2, -0.15) is 0 Å². The van der Waals surface area contributed by atoms with Crippen LogP contribution in [-0.2, 0) is 12.8 Å². The second kappa shape index (κ2) is 16.6. The monoisotopic (exact) mass is 672 g/mol. The number of hydrogen-bond acceptors (Lipinski definition) is 2. The highest BCUT2D eigenvalue weighted by atomic mass is 15.1. The highest BCUT2D eigenvalue weighted by molar-refractivity contribution is 5.80. The molecule has 0 aliphatic carbocycles. The van der Waals surface area contributed by atoms with Crippen LogP contribution in [0.25, 0.3) is 24.3 Å². The Morgan fingerprint density at radius 3 is 0.962 bits per heavy atom. The predicted molar refractivity (Wildman–Crippen MR) is 225 cm³/mol. The molecule has 0 saturated heterocycles. The Balaban J connectivity index is 1.05. The minimum Gasteiger partial charge on any atom is -0.311 e. The van der Waals surface area contributed by atoms with Gasteiger partial charge < -0.3 is 9.80 Å². The Labute approximate surface area is 309 Å². The van der Waals surface area contributed by atoms with E-state index in [1.165, 1.54) is 11.1 Å². The fourth-order valence-electron chi connectivity index (χ4n) is 6.43. The molecule has 0 radical (unpaired) electrons. The molecule has 7 rings (SSSR count). The van der Waals surface area contributed by atoms with Crippen molar-refractivity contribution in [1.82, 2.24) is 0 Å². The van der Waals surface area contributed by atoms with Crippen LogP contribution in [-0.4, -0.2) is 0 Å². The largest absolute Gasteiger partial charge is 0.311 e. The van der Waals surface area contributed by atoms with Crippen LogP contribution in [0, 0.1) is 0 Å². The van der Waals surface area contributed by atoms with Crippen LogP contribution < -0.4 is 9.80 Å². The van der Waals surface area contributed by atoms with Crippen LogP contribution >= 0.6 is 0 Å². The van der Waals surface area contributed by atoms with Crippen molar-refractivity contribution in [3.05, 3.63) is 215 Å². The molecule has 0 aromatic heterocycles. The Bertz CT molecular complexity index is 2060. The van der Waals surface area contributed by atoms with E-state index in [-0.39, 0.29) is 0 Å². The van der Waals surface area contributed by atoms with Crippen molar-refractivity contribution in [2.45, 2.75) is 26.7 Å². The van der Waals surface area contributed by atoms with Crippen molar-refractivity contribution in [3.63, 3.8) is 0 Å². The second-order valence-corrected chi connectivity index (χ2v) is 12.9. The summed E-state index contributed by atoms with van der Waals surface area (Å²) in [7, 11) is 0. The molecular weight excluding hydrogens is 629 g/mol. The van der Waals surface area contributed by atoms with Gasteiger partial charge in [-0.05, 0) is 125 Å². The third-order valence-electron chi connectivity index (χ3n) is 9.38. The molecule has 2 nitrogen and oxygen atoms in total. The van der Waals surface area contributed by atoms with Gasteiger partial charge in [-0.15, -0.1) is 0 Å². The highest BCUT2D eigenvalue weighted by Crippen LogP contribution is 2.36. The van der Waals surface area contributed by atoms with Crippen LogP contribution in [0.15, 0.2) is 182 Å². The topological polar surface area (TPSA) is 6.48 Å². The molecule has 0 heterocycles. The minimum atomic E-state index is 1.03. The third-order valence-corrected chi connectivity index (χ3v) is 9.38. The van der Waals surface area contributed by atoms with Crippen molar-refractivity contribution >= 4 is 58.4 Å². The fourth-order valence-corrected chi connectivity index (χ4v) is 6.43. The van der Waals surface area contributed by atoms with Crippen LogP contribution in [0.1, 0.15) is 47.2 Å².